The van der Waals surface area contributed by atoms with Crippen LogP contribution in [0.4, 0.5) is 0 Å². The van der Waals surface area contributed by atoms with Crippen molar-refractivity contribution in [3.63, 3.8) is 0 Å². The van der Waals surface area contributed by atoms with Gasteiger partial charge in [-0.2, -0.15) is 0 Å². The molecule has 0 aromatic heterocycles. The van der Waals surface area contributed by atoms with Crippen LogP contribution < -0.4 is 0 Å². The number of carbonyl (C=O) groups excluding carboxylic acids is 1. The summed E-state index contributed by atoms with van der Waals surface area (Å²) in [5, 5.41) is 0. The zero-order valence-corrected chi connectivity index (χ0v) is 10.1. The van der Waals surface area contributed by atoms with Crippen molar-refractivity contribution in [3.8, 4) is 0 Å². The maximum atomic E-state index is 11.1. The SMILES string of the molecule is CCOC(=O)CCCC1CCC(C)CC1. The minimum absolute atomic E-state index is 0.0262. The highest BCUT2D eigenvalue weighted by Crippen LogP contribution is 2.31. The van der Waals surface area contributed by atoms with E-state index in [9.17, 15) is 4.79 Å². The molecule has 2 heteroatoms. The van der Waals surface area contributed by atoms with E-state index in [0.717, 1.165) is 18.3 Å². The van der Waals surface area contributed by atoms with E-state index < -0.39 is 0 Å². The number of hydrogen-bond donors (Lipinski definition) is 0. The summed E-state index contributed by atoms with van der Waals surface area (Å²) in [7, 11) is 0. The minimum Gasteiger partial charge on any atom is -0.466 e. The van der Waals surface area contributed by atoms with Gasteiger partial charge >= 0.3 is 5.97 Å². The lowest BCUT2D eigenvalue weighted by molar-refractivity contribution is -0.143. The van der Waals surface area contributed by atoms with Crippen LogP contribution in [0.15, 0.2) is 0 Å². The van der Waals surface area contributed by atoms with E-state index >= 15 is 0 Å². The van der Waals surface area contributed by atoms with Gasteiger partial charge in [0.05, 0.1) is 6.61 Å². The number of ether oxygens (including phenoxy) is 1. The van der Waals surface area contributed by atoms with Crippen LogP contribution in [0.25, 0.3) is 0 Å². The standard InChI is InChI=1S/C13H24O2/c1-3-15-13(14)6-4-5-12-9-7-11(2)8-10-12/h11-12H,3-10H2,1-2H3. The quantitative estimate of drug-likeness (QED) is 0.651. The van der Waals surface area contributed by atoms with E-state index in [1.807, 2.05) is 6.92 Å². The Kier molecular flexibility index (Phi) is 5.74. The molecular formula is C13H24O2. The fourth-order valence-corrected chi connectivity index (χ4v) is 2.39. The highest BCUT2D eigenvalue weighted by atomic mass is 16.5. The molecule has 2 nitrogen and oxygen atoms in total. The van der Waals surface area contributed by atoms with Crippen LogP contribution in [-0.2, 0) is 9.53 Å². The zero-order chi connectivity index (χ0) is 11.1. The monoisotopic (exact) mass is 212 g/mol. The largest absolute Gasteiger partial charge is 0.466 e. The lowest BCUT2D eigenvalue weighted by Crippen LogP contribution is -2.13. The molecule has 15 heavy (non-hydrogen) atoms. The third kappa shape index (κ3) is 5.19. The molecular weight excluding hydrogens is 188 g/mol. The Hall–Kier alpha value is -0.530. The van der Waals surface area contributed by atoms with E-state index in [-0.39, 0.29) is 5.97 Å². The predicted octanol–water partition coefficient (Wildman–Crippen LogP) is 3.55. The van der Waals surface area contributed by atoms with Crippen molar-refractivity contribution in [2.45, 2.75) is 58.8 Å². The van der Waals surface area contributed by atoms with Crippen molar-refractivity contribution in [2.75, 3.05) is 6.61 Å². The first-order chi connectivity index (χ1) is 7.22. The topological polar surface area (TPSA) is 26.3 Å². The smallest absolute Gasteiger partial charge is 0.305 e. The van der Waals surface area contributed by atoms with Crippen LogP contribution in [0.3, 0.4) is 0 Å². The number of esters is 1. The Balaban J connectivity index is 2.02. The first kappa shape index (κ1) is 12.5. The second kappa shape index (κ2) is 6.86. The van der Waals surface area contributed by atoms with E-state index in [2.05, 4.69) is 6.92 Å². The Labute approximate surface area is 93.4 Å². The zero-order valence-electron chi connectivity index (χ0n) is 10.1. The van der Waals surface area contributed by atoms with Gasteiger partial charge in [-0.1, -0.05) is 32.6 Å². The fraction of sp³-hybridized carbons (Fsp3) is 0.923. The summed E-state index contributed by atoms with van der Waals surface area (Å²) < 4.78 is 4.91. The van der Waals surface area contributed by atoms with Crippen LogP contribution in [-0.4, -0.2) is 12.6 Å². The summed E-state index contributed by atoms with van der Waals surface area (Å²) >= 11 is 0. The van der Waals surface area contributed by atoms with Gasteiger partial charge in [0.15, 0.2) is 0 Å². The van der Waals surface area contributed by atoms with Gasteiger partial charge in [-0.25, -0.2) is 0 Å². The molecule has 0 amide bonds. The average Bonchev–Trinajstić information content (AvgIpc) is 2.21. The number of hydrogen-bond acceptors (Lipinski definition) is 2. The maximum Gasteiger partial charge on any atom is 0.305 e. The molecule has 1 aliphatic rings. The summed E-state index contributed by atoms with van der Waals surface area (Å²) in [6, 6.07) is 0. The van der Waals surface area contributed by atoms with Gasteiger partial charge in [-0.05, 0) is 31.6 Å². The molecule has 0 N–H and O–H groups in total. The van der Waals surface area contributed by atoms with Crippen LogP contribution in [0.1, 0.15) is 58.8 Å². The Morgan fingerprint density at radius 3 is 2.53 bits per heavy atom. The van der Waals surface area contributed by atoms with Gasteiger partial charge in [0.1, 0.15) is 0 Å². The molecule has 0 aromatic rings. The second-order valence-electron chi connectivity index (χ2n) is 4.82. The number of carbonyl (C=O) groups is 1. The van der Waals surface area contributed by atoms with Gasteiger partial charge in [0.2, 0.25) is 0 Å². The van der Waals surface area contributed by atoms with E-state index in [1.165, 1.54) is 32.1 Å². The highest BCUT2D eigenvalue weighted by molar-refractivity contribution is 5.69. The van der Waals surface area contributed by atoms with Crippen LogP contribution in [0.2, 0.25) is 0 Å². The van der Waals surface area contributed by atoms with E-state index in [1.54, 1.807) is 0 Å². The van der Waals surface area contributed by atoms with Gasteiger partial charge in [-0.3, -0.25) is 4.79 Å². The summed E-state index contributed by atoms with van der Waals surface area (Å²) in [4.78, 5) is 11.1. The summed E-state index contributed by atoms with van der Waals surface area (Å²) in [6.45, 7) is 4.72. The first-order valence-electron chi connectivity index (χ1n) is 6.38. The fourth-order valence-electron chi connectivity index (χ4n) is 2.39. The minimum atomic E-state index is -0.0262. The van der Waals surface area contributed by atoms with Crippen molar-refractivity contribution in [2.24, 2.45) is 11.8 Å². The molecule has 1 saturated carbocycles. The molecule has 0 spiro atoms. The normalized spacial score (nSPS) is 26.3. The third-order valence-electron chi connectivity index (χ3n) is 3.43. The molecule has 0 saturated heterocycles. The molecule has 0 bridgehead atoms. The van der Waals surface area contributed by atoms with Crippen molar-refractivity contribution in [3.05, 3.63) is 0 Å². The van der Waals surface area contributed by atoms with E-state index in [4.69, 9.17) is 4.74 Å². The van der Waals surface area contributed by atoms with Crippen LogP contribution in [0, 0.1) is 11.8 Å². The molecule has 1 aliphatic carbocycles. The molecule has 1 fully saturated rings. The number of rotatable bonds is 5. The van der Waals surface area contributed by atoms with Crippen molar-refractivity contribution >= 4 is 5.97 Å². The predicted molar refractivity (Wildman–Crippen MR) is 61.6 cm³/mol. The van der Waals surface area contributed by atoms with Gasteiger partial charge in [0, 0.05) is 6.42 Å². The third-order valence-corrected chi connectivity index (χ3v) is 3.43. The molecule has 0 unspecified atom stereocenters. The molecule has 0 aliphatic heterocycles. The molecule has 1 rings (SSSR count). The van der Waals surface area contributed by atoms with Crippen LogP contribution in [0.5, 0.6) is 0 Å². The average molecular weight is 212 g/mol. The van der Waals surface area contributed by atoms with Gasteiger partial charge in [0.25, 0.3) is 0 Å². The van der Waals surface area contributed by atoms with Gasteiger partial charge in [-0.15, -0.1) is 0 Å². The van der Waals surface area contributed by atoms with E-state index in [0.29, 0.717) is 13.0 Å². The second-order valence-corrected chi connectivity index (χ2v) is 4.82. The molecule has 88 valence electrons. The highest BCUT2D eigenvalue weighted by Gasteiger charge is 2.17. The van der Waals surface area contributed by atoms with Crippen LogP contribution >= 0.6 is 0 Å². The van der Waals surface area contributed by atoms with Crippen molar-refractivity contribution in [1.29, 1.82) is 0 Å². The summed E-state index contributed by atoms with van der Waals surface area (Å²) in [5.41, 5.74) is 0. The molecule has 0 radical (unpaired) electrons. The Bertz CT molecular complexity index is 181. The first-order valence-corrected chi connectivity index (χ1v) is 6.38. The molecule has 0 aromatic carbocycles. The maximum absolute atomic E-state index is 11.1. The van der Waals surface area contributed by atoms with Crippen molar-refractivity contribution < 1.29 is 9.53 Å². The summed E-state index contributed by atoms with van der Waals surface area (Å²) in [5.74, 6) is 1.77. The van der Waals surface area contributed by atoms with Crippen molar-refractivity contribution in [1.82, 2.24) is 0 Å². The Morgan fingerprint density at radius 1 is 1.27 bits per heavy atom. The lowest BCUT2D eigenvalue weighted by Gasteiger charge is -2.25. The lowest BCUT2D eigenvalue weighted by atomic mass is 9.81. The van der Waals surface area contributed by atoms with Gasteiger partial charge < -0.3 is 4.74 Å². The molecule has 0 atom stereocenters. The summed E-state index contributed by atoms with van der Waals surface area (Å²) in [6.07, 6.45) is 8.32. The Morgan fingerprint density at radius 2 is 1.93 bits per heavy atom. The molecule has 0 heterocycles.